The number of nitrogens with zero attached hydrogens (tertiary/aromatic N) is 2. The van der Waals surface area contributed by atoms with Crippen molar-refractivity contribution in [3.63, 3.8) is 0 Å². The summed E-state index contributed by atoms with van der Waals surface area (Å²) in [5.74, 6) is 1.12. The standard InChI is InChI=1S/C13H23N3O/c1-3-7-16-8-6-14-13(16)10-15-11(2)12-5-4-9-17-12/h6,8,11-12,15H,3-5,7,9-10H2,1-2H3. The van der Waals surface area contributed by atoms with Crippen LogP contribution in [-0.2, 0) is 17.8 Å². The number of ether oxygens (including phenoxy) is 1. The van der Waals surface area contributed by atoms with E-state index in [1.54, 1.807) is 0 Å². The van der Waals surface area contributed by atoms with E-state index in [9.17, 15) is 0 Å². The molecule has 1 N–H and O–H groups in total. The second kappa shape index (κ2) is 6.17. The molecule has 0 amide bonds. The molecule has 1 aromatic heterocycles. The molecule has 0 aliphatic carbocycles. The summed E-state index contributed by atoms with van der Waals surface area (Å²) >= 11 is 0. The van der Waals surface area contributed by atoms with Crippen molar-refractivity contribution >= 4 is 0 Å². The van der Waals surface area contributed by atoms with Gasteiger partial charge in [0.1, 0.15) is 5.82 Å². The molecule has 2 rings (SSSR count). The minimum Gasteiger partial charge on any atom is -0.377 e. The van der Waals surface area contributed by atoms with Crippen LogP contribution in [0.4, 0.5) is 0 Å². The van der Waals surface area contributed by atoms with E-state index < -0.39 is 0 Å². The maximum Gasteiger partial charge on any atom is 0.122 e. The summed E-state index contributed by atoms with van der Waals surface area (Å²) in [6.45, 7) is 7.18. The topological polar surface area (TPSA) is 39.1 Å². The van der Waals surface area contributed by atoms with Crippen LogP contribution in [-0.4, -0.2) is 28.3 Å². The van der Waals surface area contributed by atoms with Crippen molar-refractivity contribution in [3.8, 4) is 0 Å². The Labute approximate surface area is 103 Å². The molecule has 1 fully saturated rings. The van der Waals surface area contributed by atoms with Gasteiger partial charge in [-0.2, -0.15) is 0 Å². The van der Waals surface area contributed by atoms with E-state index in [2.05, 4.69) is 34.9 Å². The predicted octanol–water partition coefficient (Wildman–Crippen LogP) is 1.95. The highest BCUT2D eigenvalue weighted by atomic mass is 16.5. The smallest absolute Gasteiger partial charge is 0.122 e. The van der Waals surface area contributed by atoms with E-state index in [4.69, 9.17) is 4.74 Å². The molecule has 1 aliphatic rings. The van der Waals surface area contributed by atoms with Crippen molar-refractivity contribution in [2.24, 2.45) is 0 Å². The number of hydrogen-bond donors (Lipinski definition) is 1. The van der Waals surface area contributed by atoms with Gasteiger partial charge in [0.25, 0.3) is 0 Å². The number of imidazole rings is 1. The Morgan fingerprint density at radius 3 is 3.24 bits per heavy atom. The normalized spacial score (nSPS) is 21.9. The summed E-state index contributed by atoms with van der Waals surface area (Å²) in [6, 6.07) is 0.407. The van der Waals surface area contributed by atoms with Gasteiger partial charge >= 0.3 is 0 Å². The molecule has 0 spiro atoms. The zero-order valence-electron chi connectivity index (χ0n) is 10.9. The Hall–Kier alpha value is -0.870. The highest BCUT2D eigenvalue weighted by molar-refractivity contribution is 4.92. The molecule has 0 radical (unpaired) electrons. The van der Waals surface area contributed by atoms with E-state index in [0.717, 1.165) is 31.9 Å². The predicted molar refractivity (Wildman–Crippen MR) is 67.8 cm³/mol. The van der Waals surface area contributed by atoms with Gasteiger partial charge in [-0.3, -0.25) is 0 Å². The number of aromatic nitrogens is 2. The van der Waals surface area contributed by atoms with E-state index in [-0.39, 0.29) is 0 Å². The van der Waals surface area contributed by atoms with Crippen LogP contribution in [0.2, 0.25) is 0 Å². The monoisotopic (exact) mass is 237 g/mol. The van der Waals surface area contributed by atoms with Crippen molar-refractivity contribution in [1.29, 1.82) is 0 Å². The molecule has 96 valence electrons. The average Bonchev–Trinajstić information content (AvgIpc) is 2.97. The summed E-state index contributed by atoms with van der Waals surface area (Å²) in [7, 11) is 0. The van der Waals surface area contributed by atoms with Gasteiger partial charge in [-0.25, -0.2) is 4.98 Å². The van der Waals surface area contributed by atoms with E-state index >= 15 is 0 Å². The van der Waals surface area contributed by atoms with Gasteiger partial charge in [-0.05, 0) is 26.2 Å². The first-order valence-electron chi connectivity index (χ1n) is 6.66. The van der Waals surface area contributed by atoms with Crippen LogP contribution in [0.3, 0.4) is 0 Å². The lowest BCUT2D eigenvalue weighted by Gasteiger charge is -2.20. The van der Waals surface area contributed by atoms with E-state index in [0.29, 0.717) is 12.1 Å². The minimum atomic E-state index is 0.379. The lowest BCUT2D eigenvalue weighted by Crippen LogP contribution is -2.37. The van der Waals surface area contributed by atoms with Gasteiger partial charge in [-0.1, -0.05) is 6.92 Å². The van der Waals surface area contributed by atoms with Crippen molar-refractivity contribution in [3.05, 3.63) is 18.2 Å². The highest BCUT2D eigenvalue weighted by Crippen LogP contribution is 2.15. The largest absolute Gasteiger partial charge is 0.377 e. The van der Waals surface area contributed by atoms with E-state index in [1.165, 1.54) is 12.8 Å². The van der Waals surface area contributed by atoms with Crippen molar-refractivity contribution in [2.75, 3.05) is 6.61 Å². The minimum absolute atomic E-state index is 0.379. The number of nitrogens with one attached hydrogen (secondary N) is 1. The van der Waals surface area contributed by atoms with Crippen LogP contribution in [0.25, 0.3) is 0 Å². The number of rotatable bonds is 6. The Kier molecular flexibility index (Phi) is 4.57. The third-order valence-corrected chi connectivity index (χ3v) is 3.37. The zero-order valence-corrected chi connectivity index (χ0v) is 10.9. The first-order valence-corrected chi connectivity index (χ1v) is 6.66. The van der Waals surface area contributed by atoms with Gasteiger partial charge in [-0.15, -0.1) is 0 Å². The summed E-state index contributed by atoms with van der Waals surface area (Å²) in [5, 5.41) is 3.52. The summed E-state index contributed by atoms with van der Waals surface area (Å²) in [6.07, 6.45) is 7.83. The molecular weight excluding hydrogens is 214 g/mol. The second-order valence-electron chi connectivity index (χ2n) is 4.76. The number of hydrogen-bond acceptors (Lipinski definition) is 3. The summed E-state index contributed by atoms with van der Waals surface area (Å²) < 4.78 is 7.89. The van der Waals surface area contributed by atoms with Gasteiger partial charge in [0, 0.05) is 31.6 Å². The lowest BCUT2D eigenvalue weighted by molar-refractivity contribution is 0.0828. The molecule has 2 atom stereocenters. The molecule has 17 heavy (non-hydrogen) atoms. The molecule has 1 aliphatic heterocycles. The highest BCUT2D eigenvalue weighted by Gasteiger charge is 2.22. The quantitative estimate of drug-likeness (QED) is 0.822. The molecular formula is C13H23N3O. The van der Waals surface area contributed by atoms with Crippen LogP contribution in [0.1, 0.15) is 38.9 Å². The summed E-state index contributed by atoms with van der Waals surface area (Å²) in [4.78, 5) is 4.39. The van der Waals surface area contributed by atoms with Crippen molar-refractivity contribution in [1.82, 2.24) is 14.9 Å². The Bertz CT molecular complexity index is 331. The van der Waals surface area contributed by atoms with Crippen molar-refractivity contribution in [2.45, 2.75) is 58.3 Å². The maximum absolute atomic E-state index is 5.67. The molecule has 1 aromatic rings. The van der Waals surface area contributed by atoms with Crippen LogP contribution in [0.5, 0.6) is 0 Å². The Balaban J connectivity index is 1.81. The van der Waals surface area contributed by atoms with Gasteiger partial charge in [0.15, 0.2) is 0 Å². The SMILES string of the molecule is CCCn1ccnc1CNC(C)C1CCCO1. The van der Waals surface area contributed by atoms with Crippen LogP contribution >= 0.6 is 0 Å². The van der Waals surface area contributed by atoms with Crippen LogP contribution in [0.15, 0.2) is 12.4 Å². The Morgan fingerprint density at radius 1 is 1.65 bits per heavy atom. The van der Waals surface area contributed by atoms with Crippen LogP contribution < -0.4 is 5.32 Å². The van der Waals surface area contributed by atoms with Gasteiger partial charge < -0.3 is 14.6 Å². The molecule has 0 aromatic carbocycles. The molecule has 1 saturated heterocycles. The summed E-state index contributed by atoms with van der Waals surface area (Å²) in [5.41, 5.74) is 0. The number of aryl methyl sites for hydroxylation is 1. The fourth-order valence-electron chi connectivity index (χ4n) is 2.33. The first-order chi connectivity index (χ1) is 8.31. The fraction of sp³-hybridized carbons (Fsp3) is 0.769. The maximum atomic E-state index is 5.67. The average molecular weight is 237 g/mol. The van der Waals surface area contributed by atoms with Gasteiger partial charge in [0.05, 0.1) is 12.6 Å². The van der Waals surface area contributed by atoms with E-state index in [1.807, 2.05) is 6.20 Å². The van der Waals surface area contributed by atoms with Crippen molar-refractivity contribution < 1.29 is 4.74 Å². The molecule has 0 saturated carbocycles. The fourth-order valence-corrected chi connectivity index (χ4v) is 2.33. The second-order valence-corrected chi connectivity index (χ2v) is 4.76. The third kappa shape index (κ3) is 3.30. The zero-order chi connectivity index (χ0) is 12.1. The molecule has 4 heteroatoms. The van der Waals surface area contributed by atoms with Gasteiger partial charge in [0.2, 0.25) is 0 Å². The first kappa shape index (κ1) is 12.6. The van der Waals surface area contributed by atoms with Crippen LogP contribution in [0, 0.1) is 0 Å². The molecule has 2 unspecified atom stereocenters. The lowest BCUT2D eigenvalue weighted by atomic mass is 10.1. The Morgan fingerprint density at radius 2 is 2.53 bits per heavy atom. The molecule has 4 nitrogen and oxygen atoms in total. The molecule has 2 heterocycles. The third-order valence-electron chi connectivity index (χ3n) is 3.37. The molecule has 0 bridgehead atoms.